The highest BCUT2D eigenvalue weighted by Crippen LogP contribution is 2.12. The van der Waals surface area contributed by atoms with Crippen molar-refractivity contribution in [1.29, 1.82) is 0 Å². The van der Waals surface area contributed by atoms with Crippen molar-refractivity contribution in [3.05, 3.63) is 30.1 Å². The normalized spacial score (nSPS) is 14.4. The Morgan fingerprint density at radius 3 is 2.38 bits per heavy atom. The number of amides is 3. The van der Waals surface area contributed by atoms with Gasteiger partial charge in [0.25, 0.3) is 0 Å². The number of piperazine rings is 1. The molecule has 24 heavy (non-hydrogen) atoms. The fraction of sp³-hybridized carbons (Fsp3) is 0.529. The summed E-state index contributed by atoms with van der Waals surface area (Å²) in [5.41, 5.74) is 0. The van der Waals surface area contributed by atoms with Gasteiger partial charge in [-0.1, -0.05) is 0 Å². The van der Waals surface area contributed by atoms with Gasteiger partial charge in [0.1, 0.15) is 11.6 Å². The highest BCUT2D eigenvalue weighted by atomic mass is 19.1. The minimum absolute atomic E-state index is 0.0719. The Balaban J connectivity index is 1.63. The molecule has 6 nitrogen and oxygen atoms in total. The van der Waals surface area contributed by atoms with Gasteiger partial charge in [-0.25, -0.2) is 9.18 Å². The van der Waals surface area contributed by atoms with Crippen LogP contribution in [0.3, 0.4) is 0 Å². The van der Waals surface area contributed by atoms with Crippen molar-refractivity contribution in [3.8, 4) is 5.75 Å². The Bertz CT molecular complexity index is 543. The van der Waals surface area contributed by atoms with Crippen LogP contribution in [0.25, 0.3) is 0 Å². The predicted octanol–water partition coefficient (Wildman–Crippen LogP) is 1.86. The van der Waals surface area contributed by atoms with Crippen molar-refractivity contribution >= 4 is 11.9 Å². The minimum Gasteiger partial charge on any atom is -0.494 e. The number of nitrogens with zero attached hydrogens (tertiary/aromatic N) is 2. The first-order valence-corrected chi connectivity index (χ1v) is 8.29. The van der Waals surface area contributed by atoms with Crippen LogP contribution in [0.5, 0.6) is 5.75 Å². The first-order valence-electron chi connectivity index (χ1n) is 8.29. The zero-order chi connectivity index (χ0) is 17.4. The van der Waals surface area contributed by atoms with E-state index < -0.39 is 0 Å². The lowest BCUT2D eigenvalue weighted by Crippen LogP contribution is -2.53. The number of carbonyl (C=O) groups is 2. The third kappa shape index (κ3) is 5.40. The van der Waals surface area contributed by atoms with Crippen molar-refractivity contribution < 1.29 is 18.7 Å². The van der Waals surface area contributed by atoms with E-state index in [1.165, 1.54) is 12.1 Å². The van der Waals surface area contributed by atoms with E-state index in [1.54, 1.807) is 21.9 Å². The number of rotatable bonds is 6. The van der Waals surface area contributed by atoms with E-state index in [0.29, 0.717) is 57.9 Å². The summed E-state index contributed by atoms with van der Waals surface area (Å²) in [5, 5.41) is 2.76. The lowest BCUT2D eigenvalue weighted by molar-refractivity contribution is -0.132. The second-order valence-corrected chi connectivity index (χ2v) is 5.61. The second-order valence-electron chi connectivity index (χ2n) is 5.61. The van der Waals surface area contributed by atoms with Gasteiger partial charge >= 0.3 is 6.03 Å². The van der Waals surface area contributed by atoms with Crippen LogP contribution in [0.4, 0.5) is 9.18 Å². The first kappa shape index (κ1) is 18.0. The molecule has 1 aromatic rings. The zero-order valence-electron chi connectivity index (χ0n) is 14.0. The summed E-state index contributed by atoms with van der Waals surface area (Å²) in [6.07, 6.45) is 1.01. The van der Waals surface area contributed by atoms with Crippen LogP contribution in [0.1, 0.15) is 19.8 Å². The van der Waals surface area contributed by atoms with Crippen molar-refractivity contribution in [2.45, 2.75) is 19.8 Å². The molecule has 0 unspecified atom stereocenters. The maximum Gasteiger partial charge on any atom is 0.317 e. The summed E-state index contributed by atoms with van der Waals surface area (Å²) in [6.45, 7) is 5.14. The summed E-state index contributed by atoms with van der Waals surface area (Å²) >= 11 is 0. The quantitative estimate of drug-likeness (QED) is 0.806. The molecular weight excluding hydrogens is 313 g/mol. The van der Waals surface area contributed by atoms with Crippen LogP contribution < -0.4 is 10.1 Å². The van der Waals surface area contributed by atoms with E-state index in [9.17, 15) is 14.0 Å². The van der Waals surface area contributed by atoms with Gasteiger partial charge in [-0.3, -0.25) is 4.79 Å². The molecule has 7 heteroatoms. The van der Waals surface area contributed by atoms with Crippen LogP contribution in [-0.2, 0) is 4.79 Å². The summed E-state index contributed by atoms with van der Waals surface area (Å²) in [6, 6.07) is 5.75. The monoisotopic (exact) mass is 337 g/mol. The van der Waals surface area contributed by atoms with E-state index in [-0.39, 0.29) is 17.8 Å². The number of ether oxygens (including phenoxy) is 1. The van der Waals surface area contributed by atoms with Crippen molar-refractivity contribution in [2.75, 3.05) is 39.3 Å². The molecule has 1 heterocycles. The summed E-state index contributed by atoms with van der Waals surface area (Å²) in [4.78, 5) is 27.4. The molecule has 1 saturated heterocycles. The lowest BCUT2D eigenvalue weighted by atomic mass is 10.2. The number of nitrogens with one attached hydrogen (secondary N) is 1. The van der Waals surface area contributed by atoms with Crippen molar-refractivity contribution in [2.24, 2.45) is 0 Å². The van der Waals surface area contributed by atoms with Gasteiger partial charge in [0.15, 0.2) is 0 Å². The fourth-order valence-corrected chi connectivity index (χ4v) is 2.52. The maximum atomic E-state index is 12.8. The molecule has 1 fully saturated rings. The molecule has 0 bridgehead atoms. The van der Waals surface area contributed by atoms with Crippen LogP contribution in [-0.4, -0.2) is 61.1 Å². The van der Waals surface area contributed by atoms with E-state index in [1.807, 2.05) is 6.92 Å². The molecule has 0 spiro atoms. The molecule has 0 atom stereocenters. The van der Waals surface area contributed by atoms with E-state index in [4.69, 9.17) is 4.74 Å². The number of carbonyl (C=O) groups excluding carboxylic acids is 2. The van der Waals surface area contributed by atoms with Gasteiger partial charge in [-0.2, -0.15) is 0 Å². The third-order valence-electron chi connectivity index (χ3n) is 3.86. The predicted molar refractivity (Wildman–Crippen MR) is 88.4 cm³/mol. The van der Waals surface area contributed by atoms with Gasteiger partial charge in [0.2, 0.25) is 5.91 Å². The van der Waals surface area contributed by atoms with Gasteiger partial charge in [0.05, 0.1) is 6.61 Å². The molecule has 3 amide bonds. The topological polar surface area (TPSA) is 61.9 Å². The minimum atomic E-state index is -0.302. The average Bonchev–Trinajstić information content (AvgIpc) is 2.60. The average molecular weight is 337 g/mol. The van der Waals surface area contributed by atoms with E-state index in [2.05, 4.69) is 5.32 Å². The Hall–Kier alpha value is -2.31. The maximum absolute atomic E-state index is 12.8. The molecular formula is C17H24FN3O3. The second kappa shape index (κ2) is 9.10. The number of benzene rings is 1. The Morgan fingerprint density at radius 2 is 1.75 bits per heavy atom. The summed E-state index contributed by atoms with van der Waals surface area (Å²) < 4.78 is 18.2. The van der Waals surface area contributed by atoms with E-state index in [0.717, 1.165) is 0 Å². The third-order valence-corrected chi connectivity index (χ3v) is 3.86. The van der Waals surface area contributed by atoms with Gasteiger partial charge in [0, 0.05) is 39.1 Å². The molecule has 0 radical (unpaired) electrons. The molecule has 1 aliphatic heterocycles. The molecule has 1 N–H and O–H groups in total. The fourth-order valence-electron chi connectivity index (χ4n) is 2.52. The van der Waals surface area contributed by atoms with E-state index >= 15 is 0 Å². The largest absolute Gasteiger partial charge is 0.494 e. The number of halogens is 1. The molecule has 0 aliphatic carbocycles. The molecule has 2 rings (SSSR count). The highest BCUT2D eigenvalue weighted by Gasteiger charge is 2.23. The van der Waals surface area contributed by atoms with Crippen LogP contribution in [0.2, 0.25) is 0 Å². The molecule has 1 aliphatic rings. The highest BCUT2D eigenvalue weighted by molar-refractivity contribution is 5.77. The number of hydrogen-bond acceptors (Lipinski definition) is 3. The lowest BCUT2D eigenvalue weighted by Gasteiger charge is -2.34. The number of hydrogen-bond donors (Lipinski definition) is 1. The number of urea groups is 1. The SMILES string of the molecule is CCNC(=O)N1CCN(C(=O)CCCOc2ccc(F)cc2)CC1. The Labute approximate surface area is 141 Å². The Morgan fingerprint density at radius 1 is 1.12 bits per heavy atom. The van der Waals surface area contributed by atoms with Crippen LogP contribution >= 0.6 is 0 Å². The zero-order valence-corrected chi connectivity index (χ0v) is 14.0. The molecule has 132 valence electrons. The van der Waals surface area contributed by atoms with Crippen molar-refractivity contribution in [1.82, 2.24) is 15.1 Å². The van der Waals surface area contributed by atoms with Crippen molar-refractivity contribution in [3.63, 3.8) is 0 Å². The Kier molecular flexibility index (Phi) is 6.84. The van der Waals surface area contributed by atoms with Gasteiger partial charge in [-0.05, 0) is 37.6 Å². The van der Waals surface area contributed by atoms with Gasteiger partial charge in [-0.15, -0.1) is 0 Å². The summed E-state index contributed by atoms with van der Waals surface area (Å²) in [5.74, 6) is 0.372. The van der Waals surface area contributed by atoms with Crippen LogP contribution in [0, 0.1) is 5.82 Å². The smallest absolute Gasteiger partial charge is 0.317 e. The van der Waals surface area contributed by atoms with Gasteiger partial charge < -0.3 is 19.9 Å². The standard InChI is InChI=1S/C17H24FN3O3/c1-2-19-17(23)21-11-9-20(10-12-21)16(22)4-3-13-24-15-7-5-14(18)6-8-15/h5-8H,2-4,9-13H2,1H3,(H,19,23). The van der Waals surface area contributed by atoms with Crippen LogP contribution in [0.15, 0.2) is 24.3 Å². The molecule has 0 aromatic heterocycles. The first-order chi connectivity index (χ1) is 11.6. The molecule has 0 saturated carbocycles. The summed E-state index contributed by atoms with van der Waals surface area (Å²) in [7, 11) is 0. The molecule has 1 aromatic carbocycles.